The summed E-state index contributed by atoms with van der Waals surface area (Å²) in [6.45, 7) is 4.38. The first-order valence-corrected chi connectivity index (χ1v) is 6.83. The van der Waals surface area contributed by atoms with Crippen molar-refractivity contribution in [3.05, 3.63) is 64.7 Å². The third kappa shape index (κ3) is 3.98. The van der Waals surface area contributed by atoms with Crippen molar-refractivity contribution in [3.8, 4) is 0 Å². The summed E-state index contributed by atoms with van der Waals surface area (Å²) in [5, 5.41) is 0.773. The number of nitrogens with zero attached hydrogens (tertiary/aromatic N) is 1. The lowest BCUT2D eigenvalue weighted by Crippen LogP contribution is -2.28. The number of hydrogen-bond donors (Lipinski definition) is 1. The largest absolute Gasteiger partial charge is 0.366 e. The molecule has 0 aromatic heterocycles. The van der Waals surface area contributed by atoms with Crippen LogP contribution in [0.3, 0.4) is 0 Å². The zero-order valence-corrected chi connectivity index (χ0v) is 11.9. The number of aryl methyl sites for hydroxylation is 1. The van der Waals surface area contributed by atoms with E-state index >= 15 is 0 Å². The molecular formula is C16H19ClN2. The molecule has 2 nitrogen and oxygen atoms in total. The molecular weight excluding hydrogens is 256 g/mol. The first-order valence-electron chi connectivity index (χ1n) is 6.45. The van der Waals surface area contributed by atoms with Crippen molar-refractivity contribution in [3.63, 3.8) is 0 Å². The van der Waals surface area contributed by atoms with Gasteiger partial charge in [-0.3, -0.25) is 0 Å². The molecule has 0 bridgehead atoms. The summed E-state index contributed by atoms with van der Waals surface area (Å²) < 4.78 is 0. The minimum Gasteiger partial charge on any atom is -0.366 e. The highest BCUT2D eigenvalue weighted by atomic mass is 35.5. The maximum Gasteiger partial charge on any atom is 0.0430 e. The molecule has 0 radical (unpaired) electrons. The first-order chi connectivity index (χ1) is 9.19. The van der Waals surface area contributed by atoms with Crippen LogP contribution >= 0.6 is 11.6 Å². The Morgan fingerprint density at radius 2 is 1.89 bits per heavy atom. The van der Waals surface area contributed by atoms with Crippen molar-refractivity contribution in [2.45, 2.75) is 13.5 Å². The quantitative estimate of drug-likeness (QED) is 0.902. The predicted octanol–water partition coefficient (Wildman–Crippen LogP) is 3.61. The lowest BCUT2D eigenvalue weighted by atomic mass is 10.1. The fourth-order valence-corrected chi connectivity index (χ4v) is 2.35. The molecule has 0 saturated carbocycles. The van der Waals surface area contributed by atoms with Crippen molar-refractivity contribution in [1.82, 2.24) is 0 Å². The van der Waals surface area contributed by atoms with Crippen LogP contribution in [0.25, 0.3) is 0 Å². The van der Waals surface area contributed by atoms with Crippen LogP contribution in [0.5, 0.6) is 0 Å². The summed E-state index contributed by atoms with van der Waals surface area (Å²) >= 11 is 6.03. The minimum atomic E-state index is 0.633. The topological polar surface area (TPSA) is 29.3 Å². The Balaban J connectivity index is 2.21. The number of benzene rings is 2. The Hall–Kier alpha value is -1.51. The van der Waals surface area contributed by atoms with E-state index in [1.165, 1.54) is 16.8 Å². The van der Waals surface area contributed by atoms with Gasteiger partial charge < -0.3 is 10.6 Å². The third-order valence-electron chi connectivity index (χ3n) is 3.03. The van der Waals surface area contributed by atoms with Gasteiger partial charge in [0.2, 0.25) is 0 Å². The van der Waals surface area contributed by atoms with E-state index in [-0.39, 0.29) is 0 Å². The van der Waals surface area contributed by atoms with Gasteiger partial charge in [0, 0.05) is 30.3 Å². The Labute approximate surface area is 119 Å². The van der Waals surface area contributed by atoms with E-state index < -0.39 is 0 Å². The molecule has 0 atom stereocenters. The Morgan fingerprint density at radius 3 is 2.58 bits per heavy atom. The molecule has 2 N–H and O–H groups in total. The summed E-state index contributed by atoms with van der Waals surface area (Å²) in [7, 11) is 0. The van der Waals surface area contributed by atoms with Gasteiger partial charge in [-0.15, -0.1) is 0 Å². The highest BCUT2D eigenvalue weighted by Crippen LogP contribution is 2.19. The molecule has 0 heterocycles. The molecule has 0 fully saturated rings. The standard InChI is InChI=1S/C16H19ClN2/c1-13-4-2-7-16(10-13)19(9-8-18)12-14-5-3-6-15(17)11-14/h2-7,10-11H,8-9,12,18H2,1H3. The fourth-order valence-electron chi connectivity index (χ4n) is 2.14. The molecule has 3 heteroatoms. The smallest absolute Gasteiger partial charge is 0.0430 e. The number of anilines is 1. The predicted molar refractivity (Wildman–Crippen MR) is 82.7 cm³/mol. The lowest BCUT2D eigenvalue weighted by Gasteiger charge is -2.25. The minimum absolute atomic E-state index is 0.633. The molecule has 0 saturated heterocycles. The SMILES string of the molecule is Cc1cccc(N(CCN)Cc2cccc(Cl)c2)c1. The molecule has 0 aliphatic carbocycles. The van der Waals surface area contributed by atoms with Crippen molar-refractivity contribution in [2.24, 2.45) is 5.73 Å². The normalized spacial score (nSPS) is 10.5. The van der Waals surface area contributed by atoms with Crippen LogP contribution in [0.1, 0.15) is 11.1 Å². The van der Waals surface area contributed by atoms with Crippen LogP contribution in [-0.4, -0.2) is 13.1 Å². The Kier molecular flexibility index (Phi) is 4.83. The van der Waals surface area contributed by atoms with Crippen LogP contribution in [0.4, 0.5) is 5.69 Å². The zero-order chi connectivity index (χ0) is 13.7. The number of rotatable bonds is 5. The molecule has 2 aromatic rings. The molecule has 0 unspecified atom stereocenters. The lowest BCUT2D eigenvalue weighted by molar-refractivity contribution is 0.789. The van der Waals surface area contributed by atoms with Crippen LogP contribution in [0, 0.1) is 6.92 Å². The second kappa shape index (κ2) is 6.60. The summed E-state index contributed by atoms with van der Waals surface area (Å²) in [5.41, 5.74) is 9.37. The van der Waals surface area contributed by atoms with E-state index in [1.807, 2.05) is 18.2 Å². The van der Waals surface area contributed by atoms with Gasteiger partial charge in [-0.2, -0.15) is 0 Å². The monoisotopic (exact) mass is 274 g/mol. The highest BCUT2D eigenvalue weighted by Gasteiger charge is 2.07. The number of nitrogens with two attached hydrogens (primary N) is 1. The summed E-state index contributed by atoms with van der Waals surface area (Å²) in [5.74, 6) is 0. The van der Waals surface area contributed by atoms with Crippen LogP contribution < -0.4 is 10.6 Å². The van der Waals surface area contributed by atoms with Gasteiger partial charge in [0.25, 0.3) is 0 Å². The fraction of sp³-hybridized carbons (Fsp3) is 0.250. The first kappa shape index (κ1) is 13.9. The molecule has 2 rings (SSSR count). The van der Waals surface area contributed by atoms with E-state index in [0.29, 0.717) is 6.54 Å². The molecule has 100 valence electrons. The Morgan fingerprint density at radius 1 is 1.11 bits per heavy atom. The van der Waals surface area contributed by atoms with Crippen molar-refractivity contribution < 1.29 is 0 Å². The van der Waals surface area contributed by atoms with Crippen molar-refractivity contribution in [1.29, 1.82) is 0 Å². The van der Waals surface area contributed by atoms with Gasteiger partial charge in [-0.05, 0) is 42.3 Å². The van der Waals surface area contributed by atoms with Crippen LogP contribution in [0.2, 0.25) is 5.02 Å². The van der Waals surface area contributed by atoms with Crippen molar-refractivity contribution in [2.75, 3.05) is 18.0 Å². The summed E-state index contributed by atoms with van der Waals surface area (Å²) in [4.78, 5) is 2.28. The van der Waals surface area contributed by atoms with E-state index in [0.717, 1.165) is 18.1 Å². The van der Waals surface area contributed by atoms with Crippen molar-refractivity contribution >= 4 is 17.3 Å². The van der Waals surface area contributed by atoms with Gasteiger partial charge in [-0.1, -0.05) is 35.9 Å². The zero-order valence-electron chi connectivity index (χ0n) is 11.1. The third-order valence-corrected chi connectivity index (χ3v) is 3.26. The van der Waals surface area contributed by atoms with Crippen LogP contribution in [-0.2, 0) is 6.54 Å². The van der Waals surface area contributed by atoms with E-state index in [1.54, 1.807) is 0 Å². The molecule has 0 aliphatic rings. The van der Waals surface area contributed by atoms with E-state index in [4.69, 9.17) is 17.3 Å². The second-order valence-corrected chi connectivity index (χ2v) is 5.12. The van der Waals surface area contributed by atoms with Gasteiger partial charge in [-0.25, -0.2) is 0 Å². The highest BCUT2D eigenvalue weighted by molar-refractivity contribution is 6.30. The number of halogens is 1. The average molecular weight is 275 g/mol. The summed E-state index contributed by atoms with van der Waals surface area (Å²) in [6, 6.07) is 16.4. The van der Waals surface area contributed by atoms with Crippen LogP contribution in [0.15, 0.2) is 48.5 Å². The van der Waals surface area contributed by atoms with E-state index in [9.17, 15) is 0 Å². The molecule has 0 amide bonds. The van der Waals surface area contributed by atoms with Gasteiger partial charge >= 0.3 is 0 Å². The number of hydrogen-bond acceptors (Lipinski definition) is 2. The maximum absolute atomic E-state index is 6.03. The second-order valence-electron chi connectivity index (χ2n) is 4.68. The Bertz CT molecular complexity index is 540. The maximum atomic E-state index is 6.03. The molecule has 0 aliphatic heterocycles. The molecule has 2 aromatic carbocycles. The summed E-state index contributed by atoms with van der Waals surface area (Å²) in [6.07, 6.45) is 0. The van der Waals surface area contributed by atoms with Gasteiger partial charge in [0.1, 0.15) is 0 Å². The van der Waals surface area contributed by atoms with E-state index in [2.05, 4.69) is 42.2 Å². The van der Waals surface area contributed by atoms with Gasteiger partial charge in [0.15, 0.2) is 0 Å². The average Bonchev–Trinajstić information content (AvgIpc) is 2.38. The van der Waals surface area contributed by atoms with Gasteiger partial charge in [0.05, 0.1) is 0 Å². The molecule has 19 heavy (non-hydrogen) atoms. The molecule has 0 spiro atoms.